The highest BCUT2D eigenvalue weighted by Gasteiger charge is 2.40. The summed E-state index contributed by atoms with van der Waals surface area (Å²) in [5.74, 6) is 0.348. The Morgan fingerprint density at radius 1 is 0.841 bits per heavy atom. The van der Waals surface area contributed by atoms with Gasteiger partial charge in [0.15, 0.2) is 0 Å². The van der Waals surface area contributed by atoms with Crippen molar-refractivity contribution in [1.82, 2.24) is 0 Å². The highest BCUT2D eigenvalue weighted by molar-refractivity contribution is 9.10. The van der Waals surface area contributed by atoms with Crippen LogP contribution in [0.15, 0.2) is 131 Å². The Morgan fingerprint density at radius 3 is 2.25 bits per heavy atom. The van der Waals surface area contributed by atoms with E-state index in [1.165, 1.54) is 6.07 Å². The highest BCUT2D eigenvalue weighted by atomic mass is 79.9. The Bertz CT molecular complexity index is 1910. The number of anilines is 3. The second kappa shape index (κ2) is 12.2. The lowest BCUT2D eigenvalue weighted by Gasteiger charge is -2.46. The van der Waals surface area contributed by atoms with Gasteiger partial charge in [-0.3, -0.25) is 14.4 Å². The van der Waals surface area contributed by atoms with Crippen molar-refractivity contribution in [2.24, 2.45) is 0 Å². The maximum atomic E-state index is 14.6. The number of nitrogens with zero attached hydrogens (tertiary/aromatic N) is 2. The Hall–Kier alpha value is -4.60. The van der Waals surface area contributed by atoms with Crippen molar-refractivity contribution in [3.05, 3.63) is 148 Å². The summed E-state index contributed by atoms with van der Waals surface area (Å²) in [6, 6.07) is 37.0. The van der Waals surface area contributed by atoms with E-state index >= 15 is 0 Å². The number of fused-ring (bicyclic) bond motifs is 1. The van der Waals surface area contributed by atoms with E-state index in [2.05, 4.69) is 25.6 Å². The molecule has 5 aromatic rings. The molecule has 1 aliphatic rings. The maximum absolute atomic E-state index is 14.6. The first kappa shape index (κ1) is 29.5. The van der Waals surface area contributed by atoms with Gasteiger partial charge in [0.2, 0.25) is 0 Å². The Labute approximate surface area is 265 Å². The van der Waals surface area contributed by atoms with E-state index in [-0.39, 0.29) is 16.4 Å². The Kier molecular flexibility index (Phi) is 8.16. The van der Waals surface area contributed by atoms with Crippen molar-refractivity contribution in [2.75, 3.05) is 21.6 Å². The number of ether oxygens (including phenoxy) is 1. The summed E-state index contributed by atoms with van der Waals surface area (Å²) < 4.78 is 36.0. The van der Waals surface area contributed by atoms with Gasteiger partial charge in [0, 0.05) is 22.4 Å². The van der Waals surface area contributed by atoms with E-state index < -0.39 is 16.2 Å². The van der Waals surface area contributed by atoms with Crippen LogP contribution in [0.5, 0.6) is 5.75 Å². The summed E-state index contributed by atoms with van der Waals surface area (Å²) in [5.41, 5.74) is 4.97. The van der Waals surface area contributed by atoms with Crippen LogP contribution in [0.3, 0.4) is 0 Å². The third-order valence-electron chi connectivity index (χ3n) is 7.57. The van der Waals surface area contributed by atoms with Gasteiger partial charge in [-0.2, -0.15) is 0 Å². The van der Waals surface area contributed by atoms with Crippen LogP contribution in [0, 0.1) is 6.92 Å². The minimum absolute atomic E-state index is 0.000391. The Balaban J connectivity index is 1.52. The lowest BCUT2D eigenvalue weighted by atomic mass is 9.99. The SMILES string of the molecule is COc1ccc(N2C(=O)c3cc(S(=O)(=O)Nc4ccc(C)cc4)ccc3N(Cc3ccccc3)[C@H]2c2cccc(Br)c2)cc1. The zero-order valence-electron chi connectivity index (χ0n) is 24.1. The summed E-state index contributed by atoms with van der Waals surface area (Å²) in [5, 5.41) is 0. The number of hydrogen-bond donors (Lipinski definition) is 1. The van der Waals surface area contributed by atoms with Crippen LogP contribution < -0.4 is 19.3 Å². The molecule has 1 aliphatic heterocycles. The van der Waals surface area contributed by atoms with Crippen LogP contribution in [-0.4, -0.2) is 21.4 Å². The van der Waals surface area contributed by atoms with Gasteiger partial charge in [-0.15, -0.1) is 0 Å². The van der Waals surface area contributed by atoms with Gasteiger partial charge in [0.1, 0.15) is 11.9 Å². The molecule has 0 aliphatic carbocycles. The summed E-state index contributed by atoms with van der Waals surface area (Å²) >= 11 is 3.61. The minimum Gasteiger partial charge on any atom is -0.497 e. The van der Waals surface area contributed by atoms with Crippen LogP contribution in [0.4, 0.5) is 17.1 Å². The van der Waals surface area contributed by atoms with Crippen molar-refractivity contribution >= 4 is 48.9 Å². The van der Waals surface area contributed by atoms with E-state index in [0.717, 1.165) is 21.2 Å². The number of carbonyl (C=O) groups excluding carboxylic acids is 1. The molecule has 0 saturated heterocycles. The third-order valence-corrected chi connectivity index (χ3v) is 9.45. The number of benzene rings is 5. The van der Waals surface area contributed by atoms with Gasteiger partial charge >= 0.3 is 0 Å². The van der Waals surface area contributed by atoms with Gasteiger partial charge in [0.25, 0.3) is 15.9 Å². The third kappa shape index (κ3) is 5.93. The zero-order chi connectivity index (χ0) is 30.8. The van der Waals surface area contributed by atoms with E-state index in [9.17, 15) is 13.2 Å². The largest absolute Gasteiger partial charge is 0.497 e. The molecule has 5 aromatic carbocycles. The topological polar surface area (TPSA) is 78.9 Å². The van der Waals surface area contributed by atoms with Crippen molar-refractivity contribution in [3.63, 3.8) is 0 Å². The molecule has 0 bridgehead atoms. The molecule has 1 heterocycles. The predicted molar refractivity (Wildman–Crippen MR) is 178 cm³/mol. The predicted octanol–water partition coefficient (Wildman–Crippen LogP) is 7.93. The first-order valence-corrected chi connectivity index (χ1v) is 16.3. The molecule has 7 nitrogen and oxygen atoms in total. The van der Waals surface area contributed by atoms with Gasteiger partial charge in [-0.05, 0) is 84.8 Å². The van der Waals surface area contributed by atoms with Crippen molar-refractivity contribution in [1.29, 1.82) is 0 Å². The lowest BCUT2D eigenvalue weighted by molar-refractivity contribution is 0.0968. The second-order valence-corrected chi connectivity index (χ2v) is 13.2. The van der Waals surface area contributed by atoms with Crippen LogP contribution in [-0.2, 0) is 16.6 Å². The fraction of sp³-hybridized carbons (Fsp3) is 0.114. The summed E-state index contributed by atoms with van der Waals surface area (Å²) in [4.78, 5) is 18.4. The molecule has 0 fully saturated rings. The van der Waals surface area contributed by atoms with E-state index in [1.54, 1.807) is 36.3 Å². The maximum Gasteiger partial charge on any atom is 0.262 e. The molecule has 1 amide bonds. The van der Waals surface area contributed by atoms with Gasteiger partial charge in [0.05, 0.1) is 23.3 Å². The zero-order valence-corrected chi connectivity index (χ0v) is 26.5. The monoisotopic (exact) mass is 667 g/mol. The number of carbonyl (C=O) groups is 1. The molecule has 0 saturated carbocycles. The molecule has 0 aromatic heterocycles. The normalized spacial score (nSPS) is 14.7. The Morgan fingerprint density at radius 2 is 1.57 bits per heavy atom. The summed E-state index contributed by atoms with van der Waals surface area (Å²) in [7, 11) is -2.39. The number of nitrogens with one attached hydrogen (secondary N) is 1. The molecule has 1 N–H and O–H groups in total. The molecular formula is C35H30BrN3O4S. The molecule has 0 radical (unpaired) electrons. The smallest absolute Gasteiger partial charge is 0.262 e. The van der Waals surface area contributed by atoms with Crippen LogP contribution >= 0.6 is 15.9 Å². The van der Waals surface area contributed by atoms with E-state index in [0.29, 0.717) is 29.4 Å². The minimum atomic E-state index is -3.98. The molecule has 0 unspecified atom stereocenters. The quantitative estimate of drug-likeness (QED) is 0.182. The van der Waals surface area contributed by atoms with E-state index in [4.69, 9.17) is 4.74 Å². The standard InChI is InChI=1S/C35H30BrN3O4S/c1-24-11-13-28(14-12-24)37-44(41,42)31-19-20-33-32(22-31)35(40)39(29-15-17-30(43-2)18-16-29)34(26-9-6-10-27(36)21-26)38(33)23-25-7-4-3-5-8-25/h3-22,34,37H,23H2,1-2H3/t34-/m1/s1. The number of hydrogen-bond acceptors (Lipinski definition) is 5. The summed E-state index contributed by atoms with van der Waals surface area (Å²) in [6.07, 6.45) is -0.533. The number of amides is 1. The van der Waals surface area contributed by atoms with Crippen LogP contribution in [0.25, 0.3) is 0 Å². The number of aryl methyl sites for hydroxylation is 1. The number of sulfonamides is 1. The van der Waals surface area contributed by atoms with Crippen molar-refractivity contribution < 1.29 is 17.9 Å². The average molecular weight is 669 g/mol. The average Bonchev–Trinajstić information content (AvgIpc) is 3.03. The molecular weight excluding hydrogens is 638 g/mol. The van der Waals surface area contributed by atoms with Crippen LogP contribution in [0.2, 0.25) is 0 Å². The molecule has 44 heavy (non-hydrogen) atoms. The fourth-order valence-electron chi connectivity index (χ4n) is 5.40. The van der Waals surface area contributed by atoms with Crippen molar-refractivity contribution in [2.45, 2.75) is 24.5 Å². The van der Waals surface area contributed by atoms with Gasteiger partial charge in [-0.1, -0.05) is 76.1 Å². The molecule has 0 spiro atoms. The second-order valence-electron chi connectivity index (χ2n) is 10.6. The molecule has 222 valence electrons. The number of methoxy groups -OCH3 is 1. The van der Waals surface area contributed by atoms with Crippen molar-refractivity contribution in [3.8, 4) is 5.75 Å². The first-order valence-electron chi connectivity index (χ1n) is 14.0. The molecule has 1 atom stereocenters. The first-order chi connectivity index (χ1) is 21.2. The number of rotatable bonds is 8. The van der Waals surface area contributed by atoms with Crippen LogP contribution in [0.1, 0.15) is 33.2 Å². The van der Waals surface area contributed by atoms with Gasteiger partial charge < -0.3 is 9.64 Å². The molecule has 9 heteroatoms. The number of halogens is 1. The lowest BCUT2D eigenvalue weighted by Crippen LogP contribution is -2.49. The fourth-order valence-corrected chi connectivity index (χ4v) is 6.90. The molecule has 6 rings (SSSR count). The highest BCUT2D eigenvalue weighted by Crippen LogP contribution is 2.44. The van der Waals surface area contributed by atoms with E-state index in [1.807, 2.05) is 97.9 Å². The summed E-state index contributed by atoms with van der Waals surface area (Å²) in [6.45, 7) is 2.41. The van der Waals surface area contributed by atoms with Gasteiger partial charge in [-0.25, -0.2) is 8.42 Å².